The fourth-order valence-corrected chi connectivity index (χ4v) is 3.67. The van der Waals surface area contributed by atoms with Crippen molar-refractivity contribution in [3.63, 3.8) is 0 Å². The van der Waals surface area contributed by atoms with E-state index in [1.54, 1.807) is 4.40 Å². The number of benzene rings is 2. The highest BCUT2D eigenvalue weighted by Gasteiger charge is 2.11. The van der Waals surface area contributed by atoms with Gasteiger partial charge in [-0.15, -0.1) is 0 Å². The van der Waals surface area contributed by atoms with Crippen LogP contribution in [0.3, 0.4) is 0 Å². The molecule has 2 aromatic heterocycles. The van der Waals surface area contributed by atoms with E-state index in [0.29, 0.717) is 11.1 Å². The fourth-order valence-electron chi connectivity index (χ4n) is 2.70. The number of para-hydroxylation sites is 3. The summed E-state index contributed by atoms with van der Waals surface area (Å²) in [6.45, 7) is 2.73. The van der Waals surface area contributed by atoms with Gasteiger partial charge in [-0.3, -0.25) is 4.79 Å². The Kier molecular flexibility index (Phi) is 3.78. The summed E-state index contributed by atoms with van der Waals surface area (Å²) in [6.07, 6.45) is 2.83. The van der Waals surface area contributed by atoms with Crippen molar-refractivity contribution in [3.05, 3.63) is 69.0 Å². The molecule has 0 fully saturated rings. The lowest BCUT2D eigenvalue weighted by Gasteiger charge is -2.07. The van der Waals surface area contributed by atoms with E-state index in [9.17, 15) is 4.79 Å². The number of rotatable bonds is 4. The molecule has 0 aliphatic rings. The van der Waals surface area contributed by atoms with Crippen LogP contribution in [0.5, 0.6) is 5.75 Å². The van der Waals surface area contributed by atoms with Crippen molar-refractivity contribution in [1.29, 1.82) is 0 Å². The Labute approximate surface area is 142 Å². The van der Waals surface area contributed by atoms with Gasteiger partial charge in [0.2, 0.25) is 0 Å². The molecule has 0 saturated heterocycles. The first-order valence-corrected chi connectivity index (χ1v) is 8.73. The van der Waals surface area contributed by atoms with Crippen LogP contribution >= 0.6 is 11.3 Å². The van der Waals surface area contributed by atoms with Crippen molar-refractivity contribution in [3.8, 4) is 5.75 Å². The van der Waals surface area contributed by atoms with Gasteiger partial charge in [0.25, 0.3) is 5.56 Å². The molecule has 4 nitrogen and oxygen atoms in total. The van der Waals surface area contributed by atoms with Crippen LogP contribution in [0.1, 0.15) is 18.9 Å². The first-order valence-electron chi connectivity index (χ1n) is 7.91. The minimum atomic E-state index is -0.0333. The lowest BCUT2D eigenvalue weighted by molar-refractivity contribution is 0.317. The maximum absolute atomic E-state index is 12.8. The van der Waals surface area contributed by atoms with Gasteiger partial charge in [0.05, 0.1) is 22.2 Å². The molecule has 0 spiro atoms. The van der Waals surface area contributed by atoms with E-state index in [4.69, 9.17) is 4.74 Å². The summed E-state index contributed by atoms with van der Waals surface area (Å²) in [7, 11) is 0. The molecule has 4 rings (SSSR count). The third-order valence-corrected chi connectivity index (χ3v) is 4.78. The average Bonchev–Trinajstić information content (AvgIpc) is 3.11. The molecule has 0 unspecified atom stereocenters. The SMILES string of the molecule is CCCOc1ccccc1C=c1sc2nc3ccccc3n2c1=O. The van der Waals surface area contributed by atoms with Crippen LogP contribution in [0.4, 0.5) is 0 Å². The van der Waals surface area contributed by atoms with Crippen LogP contribution in [-0.4, -0.2) is 16.0 Å². The van der Waals surface area contributed by atoms with Gasteiger partial charge >= 0.3 is 0 Å². The molecule has 5 heteroatoms. The summed E-state index contributed by atoms with van der Waals surface area (Å²) >= 11 is 1.41. The second-order valence-electron chi connectivity index (χ2n) is 5.52. The molecule has 0 radical (unpaired) electrons. The monoisotopic (exact) mass is 336 g/mol. The second-order valence-corrected chi connectivity index (χ2v) is 6.53. The Morgan fingerprint density at radius 2 is 1.96 bits per heavy atom. The number of hydrogen-bond acceptors (Lipinski definition) is 4. The van der Waals surface area contributed by atoms with Crippen molar-refractivity contribution < 1.29 is 4.74 Å². The Balaban J connectivity index is 1.90. The number of thiazole rings is 1. The summed E-state index contributed by atoms with van der Waals surface area (Å²) in [5.41, 5.74) is 2.58. The topological polar surface area (TPSA) is 43.6 Å². The third-order valence-electron chi connectivity index (χ3n) is 3.81. The molecule has 2 aromatic carbocycles. The number of hydrogen-bond donors (Lipinski definition) is 0. The summed E-state index contributed by atoms with van der Waals surface area (Å²) in [4.78, 5) is 18.1. The lowest BCUT2D eigenvalue weighted by Crippen LogP contribution is -2.22. The molecule has 0 aliphatic heterocycles. The van der Waals surface area contributed by atoms with Gasteiger partial charge in [-0.2, -0.15) is 0 Å². The van der Waals surface area contributed by atoms with Gasteiger partial charge in [-0.1, -0.05) is 48.6 Å². The van der Waals surface area contributed by atoms with Crippen molar-refractivity contribution in [2.45, 2.75) is 13.3 Å². The molecule has 0 atom stereocenters. The zero-order valence-corrected chi connectivity index (χ0v) is 14.0. The van der Waals surface area contributed by atoms with Gasteiger partial charge in [-0.25, -0.2) is 9.38 Å². The molecule has 0 N–H and O–H groups in total. The molecule has 0 aliphatic carbocycles. The van der Waals surface area contributed by atoms with E-state index in [-0.39, 0.29) is 5.56 Å². The Bertz CT molecular complexity index is 1130. The predicted molar refractivity (Wildman–Crippen MR) is 97.9 cm³/mol. The molecule has 0 saturated carbocycles. The minimum Gasteiger partial charge on any atom is -0.493 e. The van der Waals surface area contributed by atoms with Crippen LogP contribution in [0, 0.1) is 0 Å². The third kappa shape index (κ3) is 2.47. The summed E-state index contributed by atoms with van der Waals surface area (Å²) in [5, 5.41) is 0. The predicted octanol–water partition coefficient (Wildman–Crippen LogP) is 3.25. The Hall–Kier alpha value is -2.66. The van der Waals surface area contributed by atoms with Crippen LogP contribution in [0.15, 0.2) is 53.3 Å². The van der Waals surface area contributed by atoms with E-state index in [1.165, 1.54) is 11.3 Å². The second kappa shape index (κ2) is 6.09. The van der Waals surface area contributed by atoms with Crippen LogP contribution < -0.4 is 14.8 Å². The standard InChI is InChI=1S/C19H16N2O2S/c1-2-11-23-16-10-6-3-7-13(16)12-17-18(22)21-15-9-5-4-8-14(15)20-19(21)24-17/h3-10,12H,2,11H2,1H3. The molecule has 2 heterocycles. The highest BCUT2D eigenvalue weighted by Crippen LogP contribution is 2.20. The fraction of sp³-hybridized carbons (Fsp3) is 0.158. The van der Waals surface area contributed by atoms with Crippen molar-refractivity contribution >= 4 is 33.4 Å². The zero-order chi connectivity index (χ0) is 16.5. The number of nitrogens with zero attached hydrogens (tertiary/aromatic N) is 2. The summed E-state index contributed by atoms with van der Waals surface area (Å²) in [5.74, 6) is 0.801. The maximum Gasteiger partial charge on any atom is 0.274 e. The minimum absolute atomic E-state index is 0.0333. The smallest absolute Gasteiger partial charge is 0.274 e. The molecule has 120 valence electrons. The average molecular weight is 336 g/mol. The number of fused-ring (bicyclic) bond motifs is 3. The number of ether oxygens (including phenoxy) is 1. The van der Waals surface area contributed by atoms with Gasteiger partial charge < -0.3 is 4.74 Å². The number of aromatic nitrogens is 2. The largest absolute Gasteiger partial charge is 0.493 e. The van der Waals surface area contributed by atoms with Gasteiger partial charge in [0.1, 0.15) is 5.75 Å². The van der Waals surface area contributed by atoms with Crippen LogP contribution in [0.2, 0.25) is 0 Å². The van der Waals surface area contributed by atoms with E-state index >= 15 is 0 Å². The quantitative estimate of drug-likeness (QED) is 0.575. The normalized spacial score (nSPS) is 12.3. The highest BCUT2D eigenvalue weighted by molar-refractivity contribution is 7.15. The van der Waals surface area contributed by atoms with Gasteiger partial charge in [0, 0.05) is 5.56 Å². The molecular weight excluding hydrogens is 320 g/mol. The Morgan fingerprint density at radius 3 is 2.83 bits per heavy atom. The molecular formula is C19H16N2O2S. The van der Waals surface area contributed by atoms with Crippen molar-refractivity contribution in [2.75, 3.05) is 6.61 Å². The first kappa shape index (κ1) is 14.9. The van der Waals surface area contributed by atoms with E-state index in [1.807, 2.05) is 54.6 Å². The van der Waals surface area contributed by atoms with Crippen LogP contribution in [-0.2, 0) is 0 Å². The summed E-state index contributed by atoms with van der Waals surface area (Å²) < 4.78 is 8.12. The zero-order valence-electron chi connectivity index (χ0n) is 13.2. The van der Waals surface area contributed by atoms with Crippen molar-refractivity contribution in [2.24, 2.45) is 0 Å². The van der Waals surface area contributed by atoms with Crippen LogP contribution in [0.25, 0.3) is 22.1 Å². The lowest BCUT2D eigenvalue weighted by atomic mass is 10.2. The van der Waals surface area contributed by atoms with E-state index in [0.717, 1.165) is 33.7 Å². The van der Waals surface area contributed by atoms with Gasteiger partial charge in [0.15, 0.2) is 4.96 Å². The van der Waals surface area contributed by atoms with Gasteiger partial charge in [-0.05, 0) is 30.7 Å². The van der Waals surface area contributed by atoms with E-state index in [2.05, 4.69) is 11.9 Å². The highest BCUT2D eigenvalue weighted by atomic mass is 32.1. The molecule has 0 bridgehead atoms. The molecule has 24 heavy (non-hydrogen) atoms. The molecule has 0 amide bonds. The Morgan fingerprint density at radius 1 is 1.17 bits per heavy atom. The maximum atomic E-state index is 12.8. The van der Waals surface area contributed by atoms with Crippen molar-refractivity contribution in [1.82, 2.24) is 9.38 Å². The van der Waals surface area contributed by atoms with E-state index < -0.39 is 0 Å². The molecule has 4 aromatic rings. The summed E-state index contributed by atoms with van der Waals surface area (Å²) in [6, 6.07) is 15.5. The number of imidazole rings is 1. The first-order chi connectivity index (χ1) is 11.8.